The molecule has 2 fully saturated rings. The number of likely N-dealkylation sites (tertiary alicyclic amines) is 1. The fourth-order valence-electron chi connectivity index (χ4n) is 3.54. The summed E-state index contributed by atoms with van der Waals surface area (Å²) < 4.78 is 0. The van der Waals surface area contributed by atoms with Gasteiger partial charge in [0, 0.05) is 18.0 Å². The highest BCUT2D eigenvalue weighted by Gasteiger charge is 2.34. The molecule has 1 heterocycles. The smallest absolute Gasteiger partial charge is 0.127 e. The molecule has 0 radical (unpaired) electrons. The summed E-state index contributed by atoms with van der Waals surface area (Å²) in [6.45, 7) is 4.57. The summed E-state index contributed by atoms with van der Waals surface area (Å²) in [5.41, 5.74) is -0.00312. The standard InChI is InChI=1S/C15H27NO/c1-14-8-4-2-7-11-16(14)12-15(13-17)9-5-3-6-10-15/h13-14H,2-12H2,1H3. The van der Waals surface area contributed by atoms with Gasteiger partial charge < -0.3 is 4.79 Å². The van der Waals surface area contributed by atoms with Gasteiger partial charge in [-0.15, -0.1) is 0 Å². The third-order valence-electron chi connectivity index (χ3n) is 4.81. The van der Waals surface area contributed by atoms with E-state index in [9.17, 15) is 4.79 Å². The summed E-state index contributed by atoms with van der Waals surface area (Å²) >= 11 is 0. The molecule has 0 amide bonds. The molecule has 0 N–H and O–H groups in total. The van der Waals surface area contributed by atoms with Crippen LogP contribution >= 0.6 is 0 Å². The number of carbonyl (C=O) groups excluding carboxylic acids is 1. The summed E-state index contributed by atoms with van der Waals surface area (Å²) in [7, 11) is 0. The number of carbonyl (C=O) groups is 1. The Hall–Kier alpha value is -0.370. The molecule has 0 aromatic heterocycles. The number of hydrogen-bond acceptors (Lipinski definition) is 2. The van der Waals surface area contributed by atoms with Crippen LogP contribution in [0.25, 0.3) is 0 Å². The van der Waals surface area contributed by atoms with Crippen LogP contribution in [-0.2, 0) is 4.79 Å². The maximum atomic E-state index is 11.5. The van der Waals surface area contributed by atoms with Gasteiger partial charge in [-0.3, -0.25) is 4.90 Å². The predicted octanol–water partition coefficient (Wildman–Crippen LogP) is 3.40. The zero-order valence-electron chi connectivity index (χ0n) is 11.3. The molecular formula is C15H27NO. The van der Waals surface area contributed by atoms with E-state index in [1.807, 2.05) is 0 Å². The van der Waals surface area contributed by atoms with Gasteiger partial charge in [0.15, 0.2) is 0 Å². The first kappa shape index (κ1) is 13.1. The van der Waals surface area contributed by atoms with Gasteiger partial charge in [0.2, 0.25) is 0 Å². The van der Waals surface area contributed by atoms with Crippen LogP contribution < -0.4 is 0 Å². The normalized spacial score (nSPS) is 30.8. The van der Waals surface area contributed by atoms with E-state index in [4.69, 9.17) is 0 Å². The van der Waals surface area contributed by atoms with Gasteiger partial charge in [-0.1, -0.05) is 32.1 Å². The number of nitrogens with zero attached hydrogens (tertiary/aromatic N) is 1. The first-order valence-electron chi connectivity index (χ1n) is 7.46. The quantitative estimate of drug-likeness (QED) is 0.701. The van der Waals surface area contributed by atoms with Crippen molar-refractivity contribution in [1.82, 2.24) is 4.90 Å². The van der Waals surface area contributed by atoms with Gasteiger partial charge >= 0.3 is 0 Å². The third-order valence-corrected chi connectivity index (χ3v) is 4.81. The second-order valence-electron chi connectivity index (χ2n) is 6.21. The molecular weight excluding hydrogens is 210 g/mol. The minimum atomic E-state index is -0.00312. The summed E-state index contributed by atoms with van der Waals surface area (Å²) in [4.78, 5) is 14.1. The van der Waals surface area contributed by atoms with Crippen LogP contribution in [-0.4, -0.2) is 30.3 Å². The van der Waals surface area contributed by atoms with Gasteiger partial charge in [0.25, 0.3) is 0 Å². The van der Waals surface area contributed by atoms with Crippen LogP contribution in [0.1, 0.15) is 64.7 Å². The summed E-state index contributed by atoms with van der Waals surface area (Å²) in [6, 6.07) is 0.677. The summed E-state index contributed by atoms with van der Waals surface area (Å²) in [6.07, 6.45) is 12.7. The predicted molar refractivity (Wildman–Crippen MR) is 71.1 cm³/mol. The van der Waals surface area contributed by atoms with Crippen molar-refractivity contribution < 1.29 is 4.79 Å². The van der Waals surface area contributed by atoms with Gasteiger partial charge in [0.05, 0.1) is 0 Å². The number of rotatable bonds is 3. The zero-order chi connectivity index (χ0) is 12.1. The fraction of sp³-hybridized carbons (Fsp3) is 0.933. The van der Waals surface area contributed by atoms with Crippen molar-refractivity contribution in [2.24, 2.45) is 5.41 Å². The minimum Gasteiger partial charge on any atom is -0.303 e. The van der Waals surface area contributed by atoms with Gasteiger partial charge in [-0.25, -0.2) is 0 Å². The molecule has 17 heavy (non-hydrogen) atoms. The molecule has 0 aromatic carbocycles. The first-order chi connectivity index (χ1) is 8.26. The van der Waals surface area contributed by atoms with Crippen molar-refractivity contribution in [3.63, 3.8) is 0 Å². The lowest BCUT2D eigenvalue weighted by Crippen LogP contribution is -2.44. The Kier molecular flexibility index (Phi) is 4.61. The lowest BCUT2D eigenvalue weighted by atomic mass is 9.74. The van der Waals surface area contributed by atoms with Crippen LogP contribution in [0.15, 0.2) is 0 Å². The van der Waals surface area contributed by atoms with Crippen molar-refractivity contribution in [1.29, 1.82) is 0 Å². The maximum absolute atomic E-state index is 11.5. The summed E-state index contributed by atoms with van der Waals surface area (Å²) in [5.74, 6) is 0. The second kappa shape index (κ2) is 5.99. The largest absolute Gasteiger partial charge is 0.303 e. The van der Waals surface area contributed by atoms with Crippen LogP contribution in [0, 0.1) is 5.41 Å². The Morgan fingerprint density at radius 3 is 2.53 bits per heavy atom. The lowest BCUT2D eigenvalue weighted by molar-refractivity contribution is -0.119. The fourth-order valence-corrected chi connectivity index (χ4v) is 3.54. The maximum Gasteiger partial charge on any atom is 0.127 e. The van der Waals surface area contributed by atoms with Gasteiger partial charge in [-0.05, 0) is 39.2 Å². The van der Waals surface area contributed by atoms with E-state index < -0.39 is 0 Å². The number of aldehydes is 1. The first-order valence-corrected chi connectivity index (χ1v) is 7.46. The van der Waals surface area contributed by atoms with Crippen molar-refractivity contribution in [2.75, 3.05) is 13.1 Å². The SMILES string of the molecule is CC1CCCCCN1CC1(C=O)CCCCC1. The minimum absolute atomic E-state index is 0.00312. The Bertz CT molecular complexity index is 245. The molecule has 1 unspecified atom stereocenters. The molecule has 2 aliphatic rings. The lowest BCUT2D eigenvalue weighted by Gasteiger charge is -2.39. The van der Waals surface area contributed by atoms with Gasteiger partial charge in [-0.2, -0.15) is 0 Å². The molecule has 0 aromatic rings. The molecule has 1 saturated heterocycles. The van der Waals surface area contributed by atoms with E-state index in [1.54, 1.807) is 0 Å². The van der Waals surface area contributed by atoms with E-state index in [0.29, 0.717) is 6.04 Å². The Morgan fingerprint density at radius 1 is 1.12 bits per heavy atom. The highest BCUT2D eigenvalue weighted by molar-refractivity contribution is 5.60. The molecule has 0 spiro atoms. The van der Waals surface area contributed by atoms with Crippen LogP contribution in [0.4, 0.5) is 0 Å². The van der Waals surface area contributed by atoms with Crippen LogP contribution in [0.3, 0.4) is 0 Å². The molecule has 2 heteroatoms. The van der Waals surface area contributed by atoms with Crippen molar-refractivity contribution in [3.8, 4) is 0 Å². The van der Waals surface area contributed by atoms with E-state index in [2.05, 4.69) is 11.8 Å². The molecule has 1 saturated carbocycles. The molecule has 98 valence electrons. The van der Waals surface area contributed by atoms with Crippen LogP contribution in [0.2, 0.25) is 0 Å². The average Bonchev–Trinajstić information content (AvgIpc) is 2.56. The second-order valence-corrected chi connectivity index (χ2v) is 6.21. The van der Waals surface area contributed by atoms with E-state index in [0.717, 1.165) is 19.4 Å². The van der Waals surface area contributed by atoms with Crippen molar-refractivity contribution in [2.45, 2.75) is 70.8 Å². The topological polar surface area (TPSA) is 20.3 Å². The Morgan fingerprint density at radius 2 is 1.82 bits per heavy atom. The molecule has 1 aliphatic heterocycles. The van der Waals surface area contributed by atoms with Gasteiger partial charge in [0.1, 0.15) is 6.29 Å². The number of hydrogen-bond donors (Lipinski definition) is 0. The summed E-state index contributed by atoms with van der Waals surface area (Å²) in [5, 5.41) is 0. The molecule has 0 bridgehead atoms. The molecule has 2 rings (SSSR count). The highest BCUT2D eigenvalue weighted by Crippen LogP contribution is 2.36. The molecule has 1 aliphatic carbocycles. The molecule has 1 atom stereocenters. The third kappa shape index (κ3) is 3.31. The highest BCUT2D eigenvalue weighted by atomic mass is 16.1. The van der Waals surface area contributed by atoms with Crippen molar-refractivity contribution >= 4 is 6.29 Å². The van der Waals surface area contributed by atoms with E-state index >= 15 is 0 Å². The van der Waals surface area contributed by atoms with E-state index in [1.165, 1.54) is 57.8 Å². The Labute approximate surface area is 106 Å². The molecule has 2 nitrogen and oxygen atoms in total. The monoisotopic (exact) mass is 237 g/mol. The van der Waals surface area contributed by atoms with E-state index in [-0.39, 0.29) is 5.41 Å². The van der Waals surface area contributed by atoms with Crippen LogP contribution in [0.5, 0.6) is 0 Å². The Balaban J connectivity index is 1.98. The average molecular weight is 237 g/mol. The van der Waals surface area contributed by atoms with Crippen molar-refractivity contribution in [3.05, 3.63) is 0 Å². The zero-order valence-corrected chi connectivity index (χ0v) is 11.3.